The van der Waals surface area contributed by atoms with Gasteiger partial charge in [0.05, 0.1) is 25.4 Å². The minimum absolute atomic E-state index is 0.169. The van der Waals surface area contributed by atoms with Crippen LogP contribution in [0.15, 0.2) is 54.7 Å². The summed E-state index contributed by atoms with van der Waals surface area (Å²) in [5, 5.41) is 15.8. The van der Waals surface area contributed by atoms with E-state index in [1.165, 1.54) is 0 Å². The number of likely N-dealkylation sites (tertiary alicyclic amines) is 1. The summed E-state index contributed by atoms with van der Waals surface area (Å²) < 4.78 is 23.4. The van der Waals surface area contributed by atoms with Crippen molar-refractivity contribution < 1.29 is 28.5 Å². The molecule has 2 aromatic carbocycles. The molecular weight excluding hydrogens is 528 g/mol. The van der Waals surface area contributed by atoms with Crippen LogP contribution in [-0.4, -0.2) is 85.7 Å². The molecule has 0 radical (unpaired) electrons. The molecule has 2 aliphatic heterocycles. The molecule has 4 N–H and O–H groups in total. The van der Waals surface area contributed by atoms with Crippen molar-refractivity contribution in [2.45, 2.75) is 31.7 Å². The maximum absolute atomic E-state index is 12.9. The number of benzene rings is 2. The van der Waals surface area contributed by atoms with Crippen molar-refractivity contribution in [3.05, 3.63) is 71.5 Å². The van der Waals surface area contributed by atoms with Gasteiger partial charge in [-0.05, 0) is 42.3 Å². The van der Waals surface area contributed by atoms with Crippen molar-refractivity contribution in [1.82, 2.24) is 31.0 Å². The fourth-order valence-electron chi connectivity index (χ4n) is 4.87. The van der Waals surface area contributed by atoms with Crippen LogP contribution in [0.5, 0.6) is 17.2 Å². The lowest BCUT2D eigenvalue weighted by atomic mass is 10.0. The molecule has 2 aliphatic rings. The number of rotatable bonds is 6. The zero-order valence-electron chi connectivity index (χ0n) is 23.1. The summed E-state index contributed by atoms with van der Waals surface area (Å²) in [4.78, 5) is 28.0. The highest BCUT2D eigenvalue weighted by molar-refractivity contribution is 5.95. The quantitative estimate of drug-likeness (QED) is 0.335. The molecule has 12 heteroatoms. The Bertz CT molecular complexity index is 1300. The van der Waals surface area contributed by atoms with Gasteiger partial charge in [0.25, 0.3) is 5.91 Å². The monoisotopic (exact) mass is 564 g/mol. The molecule has 5 rings (SSSR count). The third kappa shape index (κ3) is 8.19. The molecule has 2 atom stereocenters. The van der Waals surface area contributed by atoms with Crippen molar-refractivity contribution in [3.63, 3.8) is 0 Å². The Morgan fingerprint density at radius 1 is 1.05 bits per heavy atom. The van der Waals surface area contributed by atoms with Crippen LogP contribution in [0.3, 0.4) is 0 Å². The average Bonchev–Trinajstić information content (AvgIpc) is 3.48. The molecule has 4 bridgehead atoms. The molecule has 218 valence electrons. The van der Waals surface area contributed by atoms with E-state index >= 15 is 0 Å². The summed E-state index contributed by atoms with van der Waals surface area (Å²) in [6.45, 7) is 3.76. The van der Waals surface area contributed by atoms with Crippen LogP contribution in [0.2, 0.25) is 0 Å². The van der Waals surface area contributed by atoms with E-state index < -0.39 is 0 Å². The SMILES string of the molecule is COCCOc1cc2cc(c1)C(=O)NCCNC(=O)N[C@H]1CCN(Cc3ccn[nH]3)C[C@@H]1OCc1cccc(c1)O2. The number of carbonyl (C=O) groups is 2. The first-order valence-electron chi connectivity index (χ1n) is 13.7. The van der Waals surface area contributed by atoms with E-state index in [1.54, 1.807) is 31.5 Å². The Kier molecular flexibility index (Phi) is 9.68. The second-order valence-corrected chi connectivity index (χ2v) is 10.0. The number of fused-ring (bicyclic) bond motifs is 5. The maximum atomic E-state index is 12.9. The molecule has 3 amide bonds. The molecule has 3 aromatic rings. The van der Waals surface area contributed by atoms with Gasteiger partial charge in [0.2, 0.25) is 0 Å². The standard InChI is InChI=1S/C29H36N6O6/c1-38-11-12-39-24-14-21-15-25(16-24)41-23-4-2-3-20(13-23)19-40-27-18-35(17-22-5-7-32-34-22)10-6-26(27)33-29(37)31-9-8-30-28(21)36/h2-5,7,13-16,26-27H,6,8-12,17-19H2,1H3,(H,30,36)(H,32,34)(H2,31,33,37)/t26-,27-/m0/s1. The minimum atomic E-state index is -0.304. The van der Waals surface area contributed by atoms with Crippen LogP contribution < -0.4 is 25.4 Å². The Morgan fingerprint density at radius 2 is 1.95 bits per heavy atom. The maximum Gasteiger partial charge on any atom is 0.315 e. The Balaban J connectivity index is 1.35. The van der Waals surface area contributed by atoms with Gasteiger partial charge < -0.3 is 34.9 Å². The van der Waals surface area contributed by atoms with Gasteiger partial charge in [0.15, 0.2) is 0 Å². The second kappa shape index (κ2) is 14.0. The number of aromatic nitrogens is 2. The fourth-order valence-corrected chi connectivity index (χ4v) is 4.87. The van der Waals surface area contributed by atoms with Crippen LogP contribution >= 0.6 is 0 Å². The lowest BCUT2D eigenvalue weighted by Crippen LogP contribution is -2.56. The number of carbonyl (C=O) groups excluding carboxylic acids is 2. The van der Waals surface area contributed by atoms with E-state index in [1.807, 2.05) is 30.3 Å². The van der Waals surface area contributed by atoms with Gasteiger partial charge in [-0.3, -0.25) is 14.8 Å². The minimum Gasteiger partial charge on any atom is -0.491 e. The van der Waals surface area contributed by atoms with Crippen molar-refractivity contribution in [2.24, 2.45) is 0 Å². The number of hydrogen-bond donors (Lipinski definition) is 4. The molecule has 0 spiro atoms. The second-order valence-electron chi connectivity index (χ2n) is 10.0. The number of methoxy groups -OCH3 is 1. The topological polar surface area (TPSA) is 139 Å². The van der Waals surface area contributed by atoms with Crippen molar-refractivity contribution >= 4 is 11.9 Å². The lowest BCUT2D eigenvalue weighted by molar-refractivity contribution is -0.0306. The summed E-state index contributed by atoms with van der Waals surface area (Å²) in [7, 11) is 1.59. The summed E-state index contributed by atoms with van der Waals surface area (Å²) in [5.41, 5.74) is 2.32. The van der Waals surface area contributed by atoms with Gasteiger partial charge in [0.1, 0.15) is 23.9 Å². The Morgan fingerprint density at radius 3 is 2.80 bits per heavy atom. The first-order valence-corrected chi connectivity index (χ1v) is 13.7. The highest BCUT2D eigenvalue weighted by atomic mass is 16.5. The van der Waals surface area contributed by atoms with Crippen molar-refractivity contribution in [1.29, 1.82) is 0 Å². The normalized spacial score (nSPS) is 20.3. The predicted octanol–water partition coefficient (Wildman–Crippen LogP) is 2.43. The molecule has 3 heterocycles. The number of amides is 3. The number of ether oxygens (including phenoxy) is 4. The zero-order valence-corrected chi connectivity index (χ0v) is 23.1. The first-order chi connectivity index (χ1) is 20.1. The van der Waals surface area contributed by atoms with E-state index in [4.69, 9.17) is 18.9 Å². The van der Waals surface area contributed by atoms with E-state index in [0.717, 1.165) is 30.8 Å². The van der Waals surface area contributed by atoms with Crippen molar-refractivity contribution in [2.75, 3.05) is 46.5 Å². The smallest absolute Gasteiger partial charge is 0.315 e. The summed E-state index contributed by atoms with van der Waals surface area (Å²) >= 11 is 0. The highest BCUT2D eigenvalue weighted by Gasteiger charge is 2.31. The third-order valence-electron chi connectivity index (χ3n) is 6.90. The summed E-state index contributed by atoms with van der Waals surface area (Å²) in [6, 6.07) is 14.2. The molecule has 0 unspecified atom stereocenters. The predicted molar refractivity (Wildman–Crippen MR) is 150 cm³/mol. The first kappa shape index (κ1) is 28.4. The molecule has 0 aliphatic carbocycles. The fraction of sp³-hybridized carbons (Fsp3) is 0.414. The van der Waals surface area contributed by atoms with Crippen LogP contribution in [0.1, 0.15) is 28.0 Å². The largest absolute Gasteiger partial charge is 0.491 e. The molecule has 1 fully saturated rings. The lowest BCUT2D eigenvalue weighted by Gasteiger charge is -2.38. The molecule has 1 aromatic heterocycles. The Labute approximate surface area is 238 Å². The number of aromatic amines is 1. The van der Waals surface area contributed by atoms with Gasteiger partial charge in [-0.2, -0.15) is 5.10 Å². The number of nitrogens with zero attached hydrogens (tertiary/aromatic N) is 2. The zero-order chi connectivity index (χ0) is 28.4. The number of urea groups is 1. The van der Waals surface area contributed by atoms with Gasteiger partial charge in [-0.15, -0.1) is 0 Å². The van der Waals surface area contributed by atoms with Crippen LogP contribution in [0.4, 0.5) is 4.79 Å². The van der Waals surface area contributed by atoms with Crippen LogP contribution in [0, 0.1) is 0 Å². The van der Waals surface area contributed by atoms with Gasteiger partial charge in [0, 0.05) is 63.4 Å². The molecule has 41 heavy (non-hydrogen) atoms. The van der Waals surface area contributed by atoms with Gasteiger partial charge >= 0.3 is 6.03 Å². The van der Waals surface area contributed by atoms with E-state index in [9.17, 15) is 9.59 Å². The van der Waals surface area contributed by atoms with Crippen LogP contribution in [0.25, 0.3) is 0 Å². The van der Waals surface area contributed by atoms with Gasteiger partial charge in [-0.1, -0.05) is 12.1 Å². The Hall–Kier alpha value is -4.13. The van der Waals surface area contributed by atoms with Crippen molar-refractivity contribution in [3.8, 4) is 17.2 Å². The van der Waals surface area contributed by atoms with Crippen LogP contribution in [-0.2, 0) is 22.6 Å². The number of hydrogen-bond acceptors (Lipinski definition) is 8. The highest BCUT2D eigenvalue weighted by Crippen LogP contribution is 2.29. The van der Waals surface area contributed by atoms with E-state index in [0.29, 0.717) is 49.2 Å². The average molecular weight is 565 g/mol. The van der Waals surface area contributed by atoms with E-state index in [2.05, 4.69) is 31.0 Å². The molecule has 1 saturated heterocycles. The molecular formula is C29H36N6O6. The number of nitrogens with one attached hydrogen (secondary N) is 4. The third-order valence-corrected chi connectivity index (χ3v) is 6.90. The summed E-state index contributed by atoms with van der Waals surface area (Å²) in [6.07, 6.45) is 2.24. The van der Waals surface area contributed by atoms with Gasteiger partial charge in [-0.25, -0.2) is 4.79 Å². The molecule has 12 nitrogen and oxygen atoms in total. The van der Waals surface area contributed by atoms with E-state index in [-0.39, 0.29) is 37.2 Å². The number of H-pyrrole nitrogens is 1. The summed E-state index contributed by atoms with van der Waals surface area (Å²) in [5.74, 6) is 1.25. The number of piperidine rings is 1. The molecule has 0 saturated carbocycles.